The first-order valence-electron chi connectivity index (χ1n) is 6.69. The Bertz CT molecular complexity index is 288. The summed E-state index contributed by atoms with van der Waals surface area (Å²) < 4.78 is 24.6. The highest BCUT2D eigenvalue weighted by atomic mass is 35.5. The number of halogens is 3. The molecule has 2 heterocycles. The van der Waals surface area contributed by atoms with Crippen molar-refractivity contribution in [1.82, 2.24) is 15.1 Å². The molecule has 2 aliphatic rings. The average Bonchev–Trinajstić information content (AvgIpc) is 2.76. The van der Waals surface area contributed by atoms with Crippen LogP contribution in [-0.4, -0.2) is 67.4 Å². The molecule has 0 radical (unpaired) electrons. The Morgan fingerprint density at radius 3 is 2.63 bits per heavy atom. The summed E-state index contributed by atoms with van der Waals surface area (Å²) in [4.78, 5) is 15.8. The van der Waals surface area contributed by atoms with Crippen molar-refractivity contribution in [3.05, 3.63) is 0 Å². The van der Waals surface area contributed by atoms with Crippen molar-refractivity contribution in [2.24, 2.45) is 0 Å². The van der Waals surface area contributed by atoms with E-state index in [4.69, 9.17) is 0 Å². The van der Waals surface area contributed by atoms with Crippen LogP contribution >= 0.6 is 12.4 Å². The van der Waals surface area contributed by atoms with Gasteiger partial charge in [0.2, 0.25) is 5.91 Å². The molecule has 112 valence electrons. The van der Waals surface area contributed by atoms with Gasteiger partial charge >= 0.3 is 0 Å². The van der Waals surface area contributed by atoms with Gasteiger partial charge in [-0.15, -0.1) is 12.4 Å². The molecule has 1 amide bonds. The number of rotatable bonds is 3. The zero-order valence-corrected chi connectivity index (χ0v) is 11.8. The van der Waals surface area contributed by atoms with E-state index in [0.717, 1.165) is 25.8 Å². The smallest absolute Gasteiger partial charge is 0.251 e. The fraction of sp³-hybridized carbons (Fsp3) is 0.917. The Balaban J connectivity index is 0.00000180. The van der Waals surface area contributed by atoms with Crippen molar-refractivity contribution in [1.29, 1.82) is 0 Å². The Labute approximate surface area is 118 Å². The van der Waals surface area contributed by atoms with E-state index in [1.54, 1.807) is 4.90 Å². The maximum atomic E-state index is 12.3. The molecule has 2 saturated heterocycles. The number of amides is 1. The Morgan fingerprint density at radius 2 is 2.00 bits per heavy atom. The zero-order chi connectivity index (χ0) is 13.0. The normalized spacial score (nSPS) is 25.2. The van der Waals surface area contributed by atoms with Crippen molar-refractivity contribution in [3.63, 3.8) is 0 Å². The van der Waals surface area contributed by atoms with Crippen molar-refractivity contribution < 1.29 is 13.6 Å². The molecule has 0 spiro atoms. The standard InChI is InChI=1S/C12H21F2N3O.ClH/c13-11(14)9-16-5-2-6-17(8-7-16)12(18)10-3-1-4-15-10;/h10-11,15H,1-9H2;1H. The predicted molar refractivity (Wildman–Crippen MR) is 71.9 cm³/mol. The molecule has 19 heavy (non-hydrogen) atoms. The highest BCUT2D eigenvalue weighted by Gasteiger charge is 2.28. The van der Waals surface area contributed by atoms with E-state index < -0.39 is 6.43 Å². The van der Waals surface area contributed by atoms with Crippen molar-refractivity contribution in [2.75, 3.05) is 39.3 Å². The molecule has 0 aliphatic carbocycles. The highest BCUT2D eigenvalue weighted by molar-refractivity contribution is 5.85. The molecule has 2 rings (SSSR count). The first-order valence-corrected chi connectivity index (χ1v) is 6.69. The second kappa shape index (κ2) is 7.97. The van der Waals surface area contributed by atoms with E-state index in [1.165, 1.54) is 0 Å². The molecule has 1 N–H and O–H groups in total. The lowest BCUT2D eigenvalue weighted by atomic mass is 10.2. The number of alkyl halides is 2. The third kappa shape index (κ3) is 4.85. The second-order valence-corrected chi connectivity index (χ2v) is 5.02. The van der Waals surface area contributed by atoms with Gasteiger partial charge in [0.25, 0.3) is 6.43 Å². The molecule has 0 saturated carbocycles. The lowest BCUT2D eigenvalue weighted by molar-refractivity contribution is -0.132. The van der Waals surface area contributed by atoms with Gasteiger partial charge in [0.15, 0.2) is 0 Å². The van der Waals surface area contributed by atoms with Gasteiger partial charge in [0.1, 0.15) is 0 Å². The number of nitrogens with zero attached hydrogens (tertiary/aromatic N) is 2. The van der Waals surface area contributed by atoms with Gasteiger partial charge in [-0.2, -0.15) is 0 Å². The van der Waals surface area contributed by atoms with Crippen molar-refractivity contribution in [3.8, 4) is 0 Å². The molecular weight excluding hydrogens is 276 g/mol. The highest BCUT2D eigenvalue weighted by Crippen LogP contribution is 2.12. The third-order valence-corrected chi connectivity index (χ3v) is 3.65. The van der Waals surface area contributed by atoms with Crippen molar-refractivity contribution >= 4 is 18.3 Å². The molecule has 4 nitrogen and oxygen atoms in total. The summed E-state index contributed by atoms with van der Waals surface area (Å²) in [5, 5.41) is 3.19. The van der Waals surface area contributed by atoms with Gasteiger partial charge in [0.05, 0.1) is 12.6 Å². The molecule has 2 fully saturated rings. The maximum absolute atomic E-state index is 12.3. The lowest BCUT2D eigenvalue weighted by Gasteiger charge is -2.24. The molecule has 0 aromatic heterocycles. The Kier molecular flexibility index (Phi) is 6.96. The fourth-order valence-electron chi connectivity index (χ4n) is 2.68. The first-order chi connectivity index (χ1) is 8.66. The predicted octanol–water partition coefficient (Wildman–Crippen LogP) is 0.960. The minimum atomic E-state index is -2.29. The first kappa shape index (κ1) is 16.6. The molecule has 0 aromatic carbocycles. The van der Waals surface area contributed by atoms with E-state index in [1.807, 2.05) is 4.90 Å². The summed E-state index contributed by atoms with van der Waals surface area (Å²) in [6.07, 6.45) is 0.437. The molecule has 1 atom stereocenters. The lowest BCUT2D eigenvalue weighted by Crippen LogP contribution is -2.45. The van der Waals surface area contributed by atoms with Crippen LogP contribution in [0.4, 0.5) is 8.78 Å². The summed E-state index contributed by atoms with van der Waals surface area (Å²) in [6.45, 7) is 3.21. The molecule has 2 aliphatic heterocycles. The summed E-state index contributed by atoms with van der Waals surface area (Å²) in [5.74, 6) is 0.145. The van der Waals surface area contributed by atoms with Gasteiger partial charge in [0, 0.05) is 26.2 Å². The number of hydrogen-bond acceptors (Lipinski definition) is 3. The van der Waals surface area contributed by atoms with Crippen LogP contribution in [0.2, 0.25) is 0 Å². The van der Waals surface area contributed by atoms with Crippen LogP contribution in [0, 0.1) is 0 Å². The molecular formula is C12H22ClF2N3O. The fourth-order valence-corrected chi connectivity index (χ4v) is 2.68. The SMILES string of the molecule is Cl.O=C(C1CCCN1)N1CCCN(CC(F)F)CC1. The van der Waals surface area contributed by atoms with Crippen LogP contribution in [-0.2, 0) is 4.79 Å². The van der Waals surface area contributed by atoms with Gasteiger partial charge in [-0.1, -0.05) is 0 Å². The van der Waals surface area contributed by atoms with E-state index in [-0.39, 0.29) is 30.9 Å². The summed E-state index contributed by atoms with van der Waals surface area (Å²) in [7, 11) is 0. The van der Waals surface area contributed by atoms with Gasteiger partial charge in [-0.25, -0.2) is 8.78 Å². The monoisotopic (exact) mass is 297 g/mol. The topological polar surface area (TPSA) is 35.6 Å². The number of nitrogens with one attached hydrogen (secondary N) is 1. The molecule has 1 unspecified atom stereocenters. The van der Waals surface area contributed by atoms with Crippen LogP contribution in [0.15, 0.2) is 0 Å². The van der Waals surface area contributed by atoms with Crippen LogP contribution in [0.25, 0.3) is 0 Å². The zero-order valence-electron chi connectivity index (χ0n) is 11.0. The van der Waals surface area contributed by atoms with Crippen molar-refractivity contribution in [2.45, 2.75) is 31.7 Å². The third-order valence-electron chi connectivity index (χ3n) is 3.65. The Morgan fingerprint density at radius 1 is 1.21 bits per heavy atom. The summed E-state index contributed by atoms with van der Waals surface area (Å²) in [6, 6.07) is -0.0494. The van der Waals surface area contributed by atoms with Crippen LogP contribution in [0.5, 0.6) is 0 Å². The van der Waals surface area contributed by atoms with Gasteiger partial charge < -0.3 is 10.2 Å². The number of hydrogen-bond donors (Lipinski definition) is 1. The molecule has 0 aromatic rings. The van der Waals surface area contributed by atoms with E-state index in [2.05, 4.69) is 5.32 Å². The molecule has 7 heteroatoms. The number of carbonyl (C=O) groups is 1. The van der Waals surface area contributed by atoms with E-state index in [9.17, 15) is 13.6 Å². The second-order valence-electron chi connectivity index (χ2n) is 5.02. The van der Waals surface area contributed by atoms with Crippen LogP contribution < -0.4 is 5.32 Å². The van der Waals surface area contributed by atoms with E-state index in [0.29, 0.717) is 26.2 Å². The number of carbonyl (C=O) groups excluding carboxylic acids is 1. The molecule has 0 bridgehead atoms. The Hall–Kier alpha value is -0.460. The van der Waals surface area contributed by atoms with Gasteiger partial charge in [-0.05, 0) is 25.8 Å². The largest absolute Gasteiger partial charge is 0.340 e. The average molecular weight is 298 g/mol. The van der Waals surface area contributed by atoms with Crippen LogP contribution in [0.1, 0.15) is 19.3 Å². The summed E-state index contributed by atoms with van der Waals surface area (Å²) >= 11 is 0. The van der Waals surface area contributed by atoms with Gasteiger partial charge in [-0.3, -0.25) is 9.69 Å². The summed E-state index contributed by atoms with van der Waals surface area (Å²) in [5.41, 5.74) is 0. The van der Waals surface area contributed by atoms with Crippen LogP contribution in [0.3, 0.4) is 0 Å². The van der Waals surface area contributed by atoms with E-state index >= 15 is 0 Å². The minimum Gasteiger partial charge on any atom is -0.340 e. The quantitative estimate of drug-likeness (QED) is 0.843. The maximum Gasteiger partial charge on any atom is 0.251 e. The minimum absolute atomic E-state index is 0.